The molecule has 8 heteroatoms. The van der Waals surface area contributed by atoms with Crippen molar-refractivity contribution in [3.63, 3.8) is 0 Å². The lowest BCUT2D eigenvalue weighted by atomic mass is 10.1. The number of esters is 1. The number of pyridine rings is 1. The Morgan fingerprint density at radius 1 is 1.21 bits per heavy atom. The summed E-state index contributed by atoms with van der Waals surface area (Å²) in [4.78, 5) is 26.6. The molecule has 0 amide bonds. The maximum absolute atomic E-state index is 12.2. The molecule has 0 radical (unpaired) electrons. The first-order valence-electron chi connectivity index (χ1n) is 8.80. The lowest BCUT2D eigenvalue weighted by Crippen LogP contribution is -2.08. The van der Waals surface area contributed by atoms with Crippen LogP contribution in [0.4, 0.5) is 5.69 Å². The topological polar surface area (TPSA) is 101 Å². The molecule has 2 rings (SSSR count). The maximum atomic E-state index is 12.2. The first-order valence-corrected chi connectivity index (χ1v) is 8.80. The molecule has 28 heavy (non-hydrogen) atoms. The Balaban J connectivity index is 2.37. The number of hydrogen-bond acceptors (Lipinski definition) is 7. The predicted octanol–water partition coefficient (Wildman–Crippen LogP) is 4.13. The van der Waals surface area contributed by atoms with Gasteiger partial charge in [-0.2, -0.15) is 0 Å². The van der Waals surface area contributed by atoms with Gasteiger partial charge in [0.05, 0.1) is 36.5 Å². The normalized spacial score (nSPS) is 10.7. The van der Waals surface area contributed by atoms with Crippen molar-refractivity contribution in [2.24, 2.45) is 0 Å². The van der Waals surface area contributed by atoms with Crippen LogP contribution in [-0.2, 0) is 4.74 Å². The second kappa shape index (κ2) is 10.1. The predicted molar refractivity (Wildman–Crippen MR) is 105 cm³/mol. The summed E-state index contributed by atoms with van der Waals surface area (Å²) < 4.78 is 15.9. The summed E-state index contributed by atoms with van der Waals surface area (Å²) in [7, 11) is 1.57. The van der Waals surface area contributed by atoms with Gasteiger partial charge in [-0.05, 0) is 37.1 Å². The zero-order valence-corrected chi connectivity index (χ0v) is 16.0. The Bertz CT molecular complexity index is 879. The molecule has 1 heterocycles. The zero-order valence-electron chi connectivity index (χ0n) is 16.0. The summed E-state index contributed by atoms with van der Waals surface area (Å²) in [6.45, 7) is 4.38. The number of methoxy groups -OCH3 is 1. The number of nitro groups is 1. The summed E-state index contributed by atoms with van der Waals surface area (Å²) in [5.41, 5.74) is 0.820. The molecule has 0 fully saturated rings. The molecule has 0 saturated heterocycles. The molecule has 0 unspecified atom stereocenters. The first kappa shape index (κ1) is 20.9. The molecule has 0 aliphatic rings. The Hall–Kier alpha value is -3.42. The summed E-state index contributed by atoms with van der Waals surface area (Å²) in [6, 6.07) is 6.57. The quantitative estimate of drug-likeness (QED) is 0.363. The smallest absolute Gasteiger partial charge is 0.340 e. The van der Waals surface area contributed by atoms with Crippen molar-refractivity contribution in [1.82, 2.24) is 4.98 Å². The van der Waals surface area contributed by atoms with Crippen LogP contribution in [0.5, 0.6) is 11.5 Å². The molecule has 0 aliphatic heterocycles. The fraction of sp³-hybridized carbons (Fsp3) is 0.300. The van der Waals surface area contributed by atoms with Crippen molar-refractivity contribution in [2.45, 2.75) is 20.3 Å². The van der Waals surface area contributed by atoms with E-state index in [4.69, 9.17) is 14.2 Å². The number of ether oxygens (including phenoxy) is 3. The fourth-order valence-electron chi connectivity index (χ4n) is 2.37. The highest BCUT2D eigenvalue weighted by Gasteiger charge is 2.17. The number of aromatic nitrogens is 1. The summed E-state index contributed by atoms with van der Waals surface area (Å²) >= 11 is 0. The highest BCUT2D eigenvalue weighted by Crippen LogP contribution is 2.29. The average Bonchev–Trinajstić information content (AvgIpc) is 2.70. The largest absolute Gasteiger partial charge is 0.493 e. The molecule has 0 bridgehead atoms. The van der Waals surface area contributed by atoms with Crippen molar-refractivity contribution in [2.75, 3.05) is 20.3 Å². The fourth-order valence-corrected chi connectivity index (χ4v) is 2.37. The lowest BCUT2D eigenvalue weighted by Gasteiger charge is -2.10. The minimum absolute atomic E-state index is 0.0308. The number of benzene rings is 1. The number of nitrogens with zero attached hydrogens (tertiary/aromatic N) is 2. The number of carbonyl (C=O) groups excluding carboxylic acids is 1. The van der Waals surface area contributed by atoms with E-state index in [9.17, 15) is 14.9 Å². The minimum atomic E-state index is -0.667. The highest BCUT2D eigenvalue weighted by atomic mass is 16.6. The minimum Gasteiger partial charge on any atom is -0.493 e. The molecule has 0 aliphatic carbocycles. The van der Waals surface area contributed by atoms with E-state index < -0.39 is 10.9 Å². The molecular weight excluding hydrogens is 364 g/mol. The third-order valence-corrected chi connectivity index (χ3v) is 3.69. The van der Waals surface area contributed by atoms with Crippen molar-refractivity contribution in [3.8, 4) is 11.5 Å². The molecule has 0 spiro atoms. The van der Waals surface area contributed by atoms with Crippen LogP contribution in [0.2, 0.25) is 0 Å². The zero-order chi connectivity index (χ0) is 20.5. The monoisotopic (exact) mass is 386 g/mol. The van der Waals surface area contributed by atoms with Gasteiger partial charge in [-0.25, -0.2) is 9.78 Å². The van der Waals surface area contributed by atoms with Gasteiger partial charge in [0, 0.05) is 6.07 Å². The second-order valence-corrected chi connectivity index (χ2v) is 5.70. The van der Waals surface area contributed by atoms with E-state index in [2.05, 4.69) is 4.98 Å². The Morgan fingerprint density at radius 2 is 2.00 bits per heavy atom. The summed E-state index contributed by atoms with van der Waals surface area (Å²) in [6.07, 6.45) is 5.29. The van der Waals surface area contributed by atoms with Crippen LogP contribution in [0, 0.1) is 10.1 Å². The van der Waals surface area contributed by atoms with Crippen LogP contribution in [0.1, 0.15) is 41.9 Å². The van der Waals surface area contributed by atoms with Crippen LogP contribution >= 0.6 is 0 Å². The molecule has 0 saturated carbocycles. The van der Waals surface area contributed by atoms with Crippen LogP contribution < -0.4 is 9.47 Å². The molecule has 148 valence electrons. The average molecular weight is 386 g/mol. The van der Waals surface area contributed by atoms with Crippen molar-refractivity contribution >= 4 is 23.8 Å². The molecule has 0 atom stereocenters. The lowest BCUT2D eigenvalue weighted by molar-refractivity contribution is -0.385. The molecule has 2 aromatic rings. The van der Waals surface area contributed by atoms with E-state index in [1.54, 1.807) is 38.3 Å². The Morgan fingerprint density at radius 3 is 2.64 bits per heavy atom. The van der Waals surface area contributed by atoms with Crippen molar-refractivity contribution in [3.05, 3.63) is 57.4 Å². The van der Waals surface area contributed by atoms with Crippen LogP contribution in [0.3, 0.4) is 0 Å². The van der Waals surface area contributed by atoms with Gasteiger partial charge in [-0.3, -0.25) is 10.1 Å². The second-order valence-electron chi connectivity index (χ2n) is 5.70. The van der Waals surface area contributed by atoms with Gasteiger partial charge < -0.3 is 14.2 Å². The van der Waals surface area contributed by atoms with Gasteiger partial charge in [0.25, 0.3) is 5.69 Å². The highest BCUT2D eigenvalue weighted by molar-refractivity contribution is 5.94. The van der Waals surface area contributed by atoms with E-state index in [-0.39, 0.29) is 23.6 Å². The maximum Gasteiger partial charge on any atom is 0.340 e. The molecule has 1 aromatic carbocycles. The van der Waals surface area contributed by atoms with Crippen LogP contribution in [0.25, 0.3) is 12.2 Å². The Labute approximate surface area is 162 Å². The van der Waals surface area contributed by atoms with E-state index in [1.807, 2.05) is 13.0 Å². The third-order valence-electron chi connectivity index (χ3n) is 3.69. The van der Waals surface area contributed by atoms with Crippen molar-refractivity contribution < 1.29 is 23.9 Å². The van der Waals surface area contributed by atoms with E-state index in [0.717, 1.165) is 24.2 Å². The number of rotatable bonds is 9. The first-order chi connectivity index (χ1) is 13.5. The molecule has 1 aromatic heterocycles. The van der Waals surface area contributed by atoms with Gasteiger partial charge in [-0.15, -0.1) is 0 Å². The van der Waals surface area contributed by atoms with Gasteiger partial charge in [0.15, 0.2) is 11.5 Å². The molecular formula is C20H22N2O6. The Kier molecular flexibility index (Phi) is 7.50. The van der Waals surface area contributed by atoms with Gasteiger partial charge >= 0.3 is 5.97 Å². The summed E-state index contributed by atoms with van der Waals surface area (Å²) in [5.74, 6) is 0.556. The van der Waals surface area contributed by atoms with Gasteiger partial charge in [-0.1, -0.05) is 19.1 Å². The van der Waals surface area contributed by atoms with Gasteiger partial charge in [0.1, 0.15) is 6.20 Å². The number of carbonyl (C=O) groups is 1. The van der Waals surface area contributed by atoms with Crippen molar-refractivity contribution in [1.29, 1.82) is 0 Å². The standard InChI is InChI=1S/C20H22N2O6/c1-4-10-28-19-11-14(7-9-18(19)26-3)6-8-17-16(20(23)27-5-2)12-15(13-21-17)22(24)25/h6-9,11-13H,4-5,10H2,1-3H3. The van der Waals surface area contributed by atoms with E-state index >= 15 is 0 Å². The SMILES string of the molecule is CCCOc1cc(C=Cc2ncc([N+](=O)[O-])cc2C(=O)OCC)ccc1OC. The molecule has 0 N–H and O–H groups in total. The number of hydrogen-bond donors (Lipinski definition) is 0. The molecule has 8 nitrogen and oxygen atoms in total. The third kappa shape index (κ3) is 5.29. The van der Waals surface area contributed by atoms with E-state index in [1.165, 1.54) is 0 Å². The van der Waals surface area contributed by atoms with Gasteiger partial charge in [0.2, 0.25) is 0 Å². The van der Waals surface area contributed by atoms with Crippen LogP contribution in [-0.4, -0.2) is 36.2 Å². The van der Waals surface area contributed by atoms with Crippen LogP contribution in [0.15, 0.2) is 30.5 Å². The van der Waals surface area contributed by atoms with E-state index in [0.29, 0.717) is 18.1 Å². The summed E-state index contributed by atoms with van der Waals surface area (Å²) in [5, 5.41) is 11.0.